The second-order valence-electron chi connectivity index (χ2n) is 5.66. The summed E-state index contributed by atoms with van der Waals surface area (Å²) in [5, 5.41) is 9.59. The van der Waals surface area contributed by atoms with Crippen LogP contribution in [0.15, 0.2) is 80.9 Å². The fourth-order valence-electron chi connectivity index (χ4n) is 2.37. The molecule has 8 heteroatoms. The molecule has 2 heterocycles. The molecule has 27 heavy (non-hydrogen) atoms. The Morgan fingerprint density at radius 1 is 0.889 bits per heavy atom. The number of nitrogens with zero attached hydrogens (tertiary/aromatic N) is 4. The van der Waals surface area contributed by atoms with E-state index in [1.54, 1.807) is 6.07 Å². The van der Waals surface area contributed by atoms with Gasteiger partial charge in [0.2, 0.25) is 0 Å². The zero-order valence-electron chi connectivity index (χ0n) is 14.3. The van der Waals surface area contributed by atoms with Crippen molar-refractivity contribution in [2.45, 2.75) is 27.2 Å². The van der Waals surface area contributed by atoms with E-state index in [9.17, 15) is 0 Å². The summed E-state index contributed by atoms with van der Waals surface area (Å²) in [6, 6.07) is 19.7. The third-order valence-corrected chi connectivity index (χ3v) is 5.41. The minimum atomic E-state index is 0.393. The third kappa shape index (κ3) is 4.68. The molecule has 2 aromatic carbocycles. The molecule has 1 N–H and O–H groups in total. The van der Waals surface area contributed by atoms with E-state index in [4.69, 9.17) is 11.6 Å². The zero-order chi connectivity index (χ0) is 18.6. The van der Waals surface area contributed by atoms with Crippen molar-refractivity contribution in [3.05, 3.63) is 71.4 Å². The van der Waals surface area contributed by atoms with Crippen molar-refractivity contribution >= 4 is 35.1 Å². The Kier molecular flexibility index (Phi) is 5.42. The van der Waals surface area contributed by atoms with Gasteiger partial charge in [0, 0.05) is 16.5 Å². The molecule has 0 unspecified atom stereocenters. The SMILES string of the molecule is Cc1cccc(-c2n[nH]c(Sc3cc(Cl)nc(Sc4ccccc4)n3)n2)c1. The molecule has 0 aliphatic rings. The van der Waals surface area contributed by atoms with Crippen LogP contribution in [0.2, 0.25) is 5.15 Å². The van der Waals surface area contributed by atoms with Crippen LogP contribution >= 0.6 is 35.1 Å². The van der Waals surface area contributed by atoms with E-state index in [2.05, 4.69) is 25.1 Å². The highest BCUT2D eigenvalue weighted by Gasteiger charge is 2.11. The van der Waals surface area contributed by atoms with Crippen LogP contribution in [0.5, 0.6) is 0 Å². The van der Waals surface area contributed by atoms with Crippen LogP contribution in [0.4, 0.5) is 0 Å². The van der Waals surface area contributed by atoms with Crippen molar-refractivity contribution in [2.75, 3.05) is 0 Å². The van der Waals surface area contributed by atoms with Crippen LogP contribution in [0.25, 0.3) is 11.4 Å². The Balaban J connectivity index is 1.54. The van der Waals surface area contributed by atoms with Gasteiger partial charge in [0.15, 0.2) is 16.1 Å². The Morgan fingerprint density at radius 3 is 2.56 bits per heavy atom. The Morgan fingerprint density at radius 2 is 1.74 bits per heavy atom. The fraction of sp³-hybridized carbons (Fsp3) is 0.0526. The molecule has 134 valence electrons. The van der Waals surface area contributed by atoms with E-state index in [1.807, 2.05) is 61.5 Å². The molecule has 0 atom stereocenters. The van der Waals surface area contributed by atoms with E-state index in [0.29, 0.717) is 26.3 Å². The van der Waals surface area contributed by atoms with Crippen molar-refractivity contribution in [1.29, 1.82) is 0 Å². The molecule has 0 radical (unpaired) electrons. The number of hydrogen-bond acceptors (Lipinski definition) is 6. The van der Waals surface area contributed by atoms with Gasteiger partial charge < -0.3 is 0 Å². The van der Waals surface area contributed by atoms with Gasteiger partial charge in [-0.3, -0.25) is 5.10 Å². The van der Waals surface area contributed by atoms with E-state index in [0.717, 1.165) is 16.0 Å². The fourth-order valence-corrected chi connectivity index (χ4v) is 4.25. The zero-order valence-corrected chi connectivity index (χ0v) is 16.6. The van der Waals surface area contributed by atoms with E-state index in [-0.39, 0.29) is 0 Å². The van der Waals surface area contributed by atoms with Crippen molar-refractivity contribution in [3.8, 4) is 11.4 Å². The van der Waals surface area contributed by atoms with Crippen molar-refractivity contribution in [1.82, 2.24) is 25.1 Å². The lowest BCUT2D eigenvalue weighted by molar-refractivity contribution is 0.885. The molecule has 5 nitrogen and oxygen atoms in total. The summed E-state index contributed by atoms with van der Waals surface area (Å²) < 4.78 is 0. The first-order valence-corrected chi connectivity index (χ1v) is 10.1. The van der Waals surface area contributed by atoms with Gasteiger partial charge in [-0.25, -0.2) is 15.0 Å². The highest BCUT2D eigenvalue weighted by atomic mass is 35.5. The summed E-state index contributed by atoms with van der Waals surface area (Å²) in [5.74, 6) is 0.653. The molecule has 2 aromatic heterocycles. The van der Waals surface area contributed by atoms with E-state index >= 15 is 0 Å². The first-order chi connectivity index (χ1) is 13.2. The monoisotopic (exact) mass is 411 g/mol. The molecule has 0 saturated carbocycles. The van der Waals surface area contributed by atoms with E-state index in [1.165, 1.54) is 23.5 Å². The van der Waals surface area contributed by atoms with Gasteiger partial charge >= 0.3 is 0 Å². The lowest BCUT2D eigenvalue weighted by Crippen LogP contribution is -1.90. The van der Waals surface area contributed by atoms with Crippen LogP contribution in [0.3, 0.4) is 0 Å². The quantitative estimate of drug-likeness (QED) is 0.344. The highest BCUT2D eigenvalue weighted by Crippen LogP contribution is 2.31. The molecule has 0 saturated heterocycles. The van der Waals surface area contributed by atoms with Gasteiger partial charge in [-0.05, 0) is 48.6 Å². The minimum Gasteiger partial charge on any atom is -0.253 e. The van der Waals surface area contributed by atoms with Crippen LogP contribution in [0, 0.1) is 6.92 Å². The molecular weight excluding hydrogens is 398 g/mol. The predicted octanol–water partition coefficient (Wildman–Crippen LogP) is 5.53. The molecular formula is C19H14ClN5S2. The molecule has 4 rings (SSSR count). The Hall–Kier alpha value is -2.35. The maximum Gasteiger partial charge on any atom is 0.194 e. The average molecular weight is 412 g/mol. The highest BCUT2D eigenvalue weighted by molar-refractivity contribution is 7.99. The largest absolute Gasteiger partial charge is 0.253 e. The molecule has 0 aliphatic heterocycles. The van der Waals surface area contributed by atoms with Crippen LogP contribution < -0.4 is 0 Å². The lowest BCUT2D eigenvalue weighted by Gasteiger charge is -2.03. The number of H-pyrrole nitrogens is 1. The van der Waals surface area contributed by atoms with Gasteiger partial charge in [-0.15, -0.1) is 0 Å². The summed E-state index contributed by atoms with van der Waals surface area (Å²) in [7, 11) is 0. The van der Waals surface area contributed by atoms with Crippen LogP contribution in [-0.4, -0.2) is 25.1 Å². The van der Waals surface area contributed by atoms with Gasteiger partial charge in [0.1, 0.15) is 10.2 Å². The topological polar surface area (TPSA) is 67.3 Å². The summed E-state index contributed by atoms with van der Waals surface area (Å²) in [6.07, 6.45) is 0. The standard InChI is InChI=1S/C19H14ClN5S2/c1-12-6-5-7-13(10-12)17-23-19(25-24-17)27-16-11-15(20)21-18(22-16)26-14-8-3-2-4-9-14/h2-11H,1H3,(H,23,24,25). The Bertz CT molecular complexity index is 1070. The number of rotatable bonds is 5. The number of aromatic amines is 1. The molecule has 0 fully saturated rings. The molecule has 0 amide bonds. The maximum atomic E-state index is 6.18. The molecule has 0 bridgehead atoms. The molecule has 4 aromatic rings. The number of aryl methyl sites for hydroxylation is 1. The second-order valence-corrected chi connectivity index (χ2v) is 8.10. The third-order valence-electron chi connectivity index (χ3n) is 3.55. The van der Waals surface area contributed by atoms with E-state index < -0.39 is 0 Å². The van der Waals surface area contributed by atoms with Gasteiger partial charge in [-0.1, -0.05) is 53.6 Å². The minimum absolute atomic E-state index is 0.393. The second kappa shape index (κ2) is 8.12. The molecule has 0 aliphatic carbocycles. The first kappa shape index (κ1) is 18.0. The smallest absolute Gasteiger partial charge is 0.194 e. The number of halogens is 1. The molecule has 0 spiro atoms. The maximum absolute atomic E-state index is 6.18. The average Bonchev–Trinajstić information content (AvgIpc) is 3.10. The first-order valence-electron chi connectivity index (χ1n) is 8.10. The van der Waals surface area contributed by atoms with Gasteiger partial charge in [-0.2, -0.15) is 5.10 Å². The van der Waals surface area contributed by atoms with Crippen LogP contribution in [0.1, 0.15) is 5.56 Å². The summed E-state index contributed by atoms with van der Waals surface area (Å²) >= 11 is 9.01. The van der Waals surface area contributed by atoms with Crippen molar-refractivity contribution in [2.24, 2.45) is 0 Å². The number of benzene rings is 2. The van der Waals surface area contributed by atoms with Crippen LogP contribution in [-0.2, 0) is 0 Å². The Labute approximate surface area is 170 Å². The van der Waals surface area contributed by atoms with Gasteiger partial charge in [0.25, 0.3) is 0 Å². The predicted molar refractivity (Wildman–Crippen MR) is 108 cm³/mol. The summed E-state index contributed by atoms with van der Waals surface area (Å²) in [5.41, 5.74) is 2.14. The lowest BCUT2D eigenvalue weighted by atomic mass is 10.1. The summed E-state index contributed by atoms with van der Waals surface area (Å²) in [4.78, 5) is 14.5. The normalized spacial score (nSPS) is 10.9. The van der Waals surface area contributed by atoms with Crippen molar-refractivity contribution < 1.29 is 0 Å². The van der Waals surface area contributed by atoms with Crippen molar-refractivity contribution in [3.63, 3.8) is 0 Å². The van der Waals surface area contributed by atoms with Gasteiger partial charge in [0.05, 0.1) is 0 Å². The number of hydrogen-bond donors (Lipinski definition) is 1. The summed E-state index contributed by atoms with van der Waals surface area (Å²) in [6.45, 7) is 2.04. The number of nitrogens with one attached hydrogen (secondary N) is 1. The number of aromatic nitrogens is 5.